The monoisotopic (exact) mass is 495 g/mol. The first-order valence-corrected chi connectivity index (χ1v) is 12.5. The number of nitrogens with one attached hydrogen (secondary N) is 2. The summed E-state index contributed by atoms with van der Waals surface area (Å²) in [5, 5.41) is 18.4. The maximum atomic E-state index is 12.9. The molecule has 1 aromatic carbocycles. The first kappa shape index (κ1) is 25.6. The number of aryl methyl sites for hydroxylation is 1. The molecule has 1 atom stereocenters. The fraction of sp³-hybridized carbons (Fsp3) is 0.524. The van der Waals surface area contributed by atoms with Crippen molar-refractivity contribution in [3.63, 3.8) is 0 Å². The standard InChI is InChI=1S/C21H29N5O7S/c1-5-25-21(14(4)19(23-25)20(27)22-12-16-7-6-10-32-16)33-17-9-8-15(26(28)29)11-18(17)34(30,31)24-13(2)3/h8-9,11,13,16,24H,5-7,10,12H2,1-4H3,(H,22,27). The van der Waals surface area contributed by atoms with Crippen LogP contribution in [0.2, 0.25) is 0 Å². The van der Waals surface area contributed by atoms with Crippen LogP contribution in [0.5, 0.6) is 11.6 Å². The summed E-state index contributed by atoms with van der Waals surface area (Å²) in [5.41, 5.74) is 0.151. The number of benzene rings is 1. The molecule has 0 aliphatic carbocycles. The van der Waals surface area contributed by atoms with Crippen LogP contribution in [0.25, 0.3) is 0 Å². The fourth-order valence-corrected chi connectivity index (χ4v) is 4.97. The van der Waals surface area contributed by atoms with E-state index in [9.17, 15) is 23.3 Å². The van der Waals surface area contributed by atoms with Gasteiger partial charge < -0.3 is 14.8 Å². The van der Waals surface area contributed by atoms with Gasteiger partial charge in [-0.1, -0.05) is 0 Å². The number of ether oxygens (including phenoxy) is 2. The summed E-state index contributed by atoms with van der Waals surface area (Å²) < 4.78 is 41.1. The Kier molecular flexibility index (Phi) is 7.89. The second-order valence-electron chi connectivity index (χ2n) is 8.21. The minimum absolute atomic E-state index is 0.0328. The molecule has 1 saturated heterocycles. The zero-order chi connectivity index (χ0) is 25.0. The number of sulfonamides is 1. The van der Waals surface area contributed by atoms with Gasteiger partial charge in [-0.15, -0.1) is 0 Å². The molecular weight excluding hydrogens is 466 g/mol. The van der Waals surface area contributed by atoms with Crippen LogP contribution < -0.4 is 14.8 Å². The molecule has 0 bridgehead atoms. The van der Waals surface area contributed by atoms with Crippen LogP contribution in [-0.2, 0) is 21.3 Å². The van der Waals surface area contributed by atoms with Crippen molar-refractivity contribution in [2.45, 2.75) is 64.1 Å². The number of carbonyl (C=O) groups is 1. The Balaban J connectivity index is 1.95. The van der Waals surface area contributed by atoms with Crippen LogP contribution in [0.3, 0.4) is 0 Å². The van der Waals surface area contributed by atoms with Crippen molar-refractivity contribution in [1.82, 2.24) is 19.8 Å². The van der Waals surface area contributed by atoms with Crippen LogP contribution in [-0.4, -0.2) is 54.3 Å². The Labute approximate surface area is 197 Å². The summed E-state index contributed by atoms with van der Waals surface area (Å²) in [4.78, 5) is 22.9. The molecule has 2 aromatic rings. The SMILES string of the molecule is CCn1nc(C(=O)NCC2CCCO2)c(C)c1Oc1ccc([N+](=O)[O-])cc1S(=O)(=O)NC(C)C. The highest BCUT2D eigenvalue weighted by Gasteiger charge is 2.28. The van der Waals surface area contributed by atoms with Crippen LogP contribution in [0.1, 0.15) is 49.7 Å². The molecule has 1 aromatic heterocycles. The van der Waals surface area contributed by atoms with E-state index >= 15 is 0 Å². The molecule has 2 heterocycles. The smallest absolute Gasteiger partial charge is 0.272 e. The van der Waals surface area contributed by atoms with Crippen molar-refractivity contribution in [2.24, 2.45) is 0 Å². The van der Waals surface area contributed by atoms with Gasteiger partial charge >= 0.3 is 0 Å². The third-order valence-electron chi connectivity index (χ3n) is 5.19. The first-order valence-electron chi connectivity index (χ1n) is 11.0. The van der Waals surface area contributed by atoms with Crippen LogP contribution >= 0.6 is 0 Å². The molecule has 1 aliphatic rings. The number of rotatable bonds is 10. The van der Waals surface area contributed by atoms with Gasteiger partial charge in [0.15, 0.2) is 5.69 Å². The number of carbonyl (C=O) groups excluding carboxylic acids is 1. The van der Waals surface area contributed by atoms with Crippen molar-refractivity contribution in [3.8, 4) is 11.6 Å². The van der Waals surface area contributed by atoms with Crippen molar-refractivity contribution in [1.29, 1.82) is 0 Å². The fourth-order valence-electron chi connectivity index (χ4n) is 3.57. The summed E-state index contributed by atoms with van der Waals surface area (Å²) >= 11 is 0. The second-order valence-corrected chi connectivity index (χ2v) is 9.89. The normalized spacial score (nSPS) is 16.1. The molecule has 13 heteroatoms. The summed E-state index contributed by atoms with van der Waals surface area (Å²) in [5.74, 6) is -0.356. The van der Waals surface area contributed by atoms with Crippen molar-refractivity contribution in [3.05, 3.63) is 39.6 Å². The zero-order valence-corrected chi connectivity index (χ0v) is 20.3. The zero-order valence-electron chi connectivity index (χ0n) is 19.5. The minimum atomic E-state index is -4.13. The number of amides is 1. The molecule has 0 saturated carbocycles. The largest absolute Gasteiger partial charge is 0.438 e. The average molecular weight is 496 g/mol. The quantitative estimate of drug-likeness (QED) is 0.376. The van der Waals surface area contributed by atoms with Gasteiger partial charge in [-0.2, -0.15) is 5.10 Å². The van der Waals surface area contributed by atoms with E-state index in [0.717, 1.165) is 25.0 Å². The number of nitro benzene ring substituents is 1. The molecule has 186 valence electrons. The third-order valence-corrected chi connectivity index (χ3v) is 6.86. The number of hydrogen-bond acceptors (Lipinski definition) is 8. The second kappa shape index (κ2) is 10.5. The Morgan fingerprint density at radius 1 is 1.41 bits per heavy atom. The van der Waals surface area contributed by atoms with E-state index in [-0.39, 0.29) is 28.3 Å². The number of non-ortho nitro benzene ring substituents is 1. The number of aromatic nitrogens is 2. The van der Waals surface area contributed by atoms with Gasteiger partial charge in [-0.3, -0.25) is 14.9 Å². The molecule has 0 radical (unpaired) electrons. The molecule has 2 N–H and O–H groups in total. The molecule has 34 heavy (non-hydrogen) atoms. The van der Waals surface area contributed by atoms with Gasteiger partial charge in [0.05, 0.1) is 11.0 Å². The predicted molar refractivity (Wildman–Crippen MR) is 123 cm³/mol. The molecule has 1 fully saturated rings. The number of hydrogen-bond donors (Lipinski definition) is 2. The first-order chi connectivity index (χ1) is 16.0. The van der Waals surface area contributed by atoms with Gasteiger partial charge in [0.25, 0.3) is 11.6 Å². The summed E-state index contributed by atoms with van der Waals surface area (Å²) in [6.07, 6.45) is 1.79. The van der Waals surface area contributed by atoms with Gasteiger partial charge in [0.2, 0.25) is 15.9 Å². The molecule has 1 aliphatic heterocycles. The van der Waals surface area contributed by atoms with Crippen molar-refractivity contribution in [2.75, 3.05) is 13.2 Å². The highest BCUT2D eigenvalue weighted by atomic mass is 32.2. The Morgan fingerprint density at radius 3 is 2.74 bits per heavy atom. The maximum Gasteiger partial charge on any atom is 0.272 e. The summed E-state index contributed by atoms with van der Waals surface area (Å²) in [6, 6.07) is 2.87. The lowest BCUT2D eigenvalue weighted by Gasteiger charge is -2.15. The van der Waals surface area contributed by atoms with E-state index in [0.29, 0.717) is 25.3 Å². The highest BCUT2D eigenvalue weighted by Crippen LogP contribution is 2.34. The van der Waals surface area contributed by atoms with Gasteiger partial charge in [-0.05, 0) is 46.6 Å². The lowest BCUT2D eigenvalue weighted by Crippen LogP contribution is -2.32. The predicted octanol–water partition coefficient (Wildman–Crippen LogP) is 2.51. The van der Waals surface area contributed by atoms with E-state index in [1.165, 1.54) is 10.7 Å². The topological polar surface area (TPSA) is 155 Å². The van der Waals surface area contributed by atoms with Gasteiger partial charge in [0.1, 0.15) is 10.6 Å². The van der Waals surface area contributed by atoms with Crippen LogP contribution in [0.4, 0.5) is 5.69 Å². The van der Waals surface area contributed by atoms with Crippen molar-refractivity contribution < 1.29 is 27.6 Å². The molecule has 1 unspecified atom stereocenters. The highest BCUT2D eigenvalue weighted by molar-refractivity contribution is 7.89. The average Bonchev–Trinajstić information content (AvgIpc) is 3.39. The van der Waals surface area contributed by atoms with E-state index in [1.54, 1.807) is 27.7 Å². The molecule has 0 spiro atoms. The van der Waals surface area contributed by atoms with Crippen LogP contribution in [0.15, 0.2) is 23.1 Å². The van der Waals surface area contributed by atoms with E-state index < -0.39 is 32.6 Å². The minimum Gasteiger partial charge on any atom is -0.438 e. The molecule has 1 amide bonds. The van der Waals surface area contributed by atoms with Gasteiger partial charge in [-0.25, -0.2) is 17.8 Å². The Bertz CT molecular complexity index is 1170. The summed E-state index contributed by atoms with van der Waals surface area (Å²) in [6.45, 7) is 8.07. The maximum absolute atomic E-state index is 12.9. The van der Waals surface area contributed by atoms with Gasteiger partial charge in [0, 0.05) is 43.4 Å². The van der Waals surface area contributed by atoms with E-state index in [1.807, 2.05) is 0 Å². The molecular formula is C21H29N5O7S. The lowest BCUT2D eigenvalue weighted by atomic mass is 10.2. The number of nitro groups is 1. The molecule has 12 nitrogen and oxygen atoms in total. The van der Waals surface area contributed by atoms with Crippen LogP contribution in [0, 0.1) is 17.0 Å². The summed E-state index contributed by atoms with van der Waals surface area (Å²) in [7, 11) is -4.13. The number of nitrogens with zero attached hydrogens (tertiary/aromatic N) is 3. The van der Waals surface area contributed by atoms with E-state index in [2.05, 4.69) is 15.1 Å². The Hall–Kier alpha value is -3.03. The van der Waals surface area contributed by atoms with Crippen molar-refractivity contribution >= 4 is 21.6 Å². The molecule has 3 rings (SSSR count). The lowest BCUT2D eigenvalue weighted by molar-refractivity contribution is -0.385. The Morgan fingerprint density at radius 2 is 2.15 bits per heavy atom. The van der Waals surface area contributed by atoms with E-state index in [4.69, 9.17) is 9.47 Å². The third kappa shape index (κ3) is 5.72.